The van der Waals surface area contributed by atoms with Crippen LogP contribution in [0.5, 0.6) is 0 Å². The van der Waals surface area contributed by atoms with Crippen molar-refractivity contribution >= 4 is 17.5 Å². The van der Waals surface area contributed by atoms with E-state index in [-0.39, 0.29) is 23.8 Å². The van der Waals surface area contributed by atoms with Crippen molar-refractivity contribution < 1.29 is 14.7 Å². The van der Waals surface area contributed by atoms with Gasteiger partial charge >= 0.3 is 6.03 Å². The SMILES string of the molecule is CC(=O)c1cccc(NC(=O)NCC(C)(C)CCO)c1. The molecular weight excluding hydrogens is 256 g/mol. The van der Waals surface area contributed by atoms with Crippen molar-refractivity contribution in [3.05, 3.63) is 29.8 Å². The Morgan fingerprint density at radius 1 is 1.30 bits per heavy atom. The highest BCUT2D eigenvalue weighted by atomic mass is 16.3. The summed E-state index contributed by atoms with van der Waals surface area (Å²) >= 11 is 0. The van der Waals surface area contributed by atoms with Crippen molar-refractivity contribution in [3.8, 4) is 0 Å². The molecule has 0 saturated heterocycles. The number of hydrogen-bond acceptors (Lipinski definition) is 3. The average Bonchev–Trinajstić information content (AvgIpc) is 2.37. The Hall–Kier alpha value is -1.88. The Labute approximate surface area is 119 Å². The van der Waals surface area contributed by atoms with Gasteiger partial charge in [-0.3, -0.25) is 4.79 Å². The summed E-state index contributed by atoms with van der Waals surface area (Å²) < 4.78 is 0. The normalized spacial score (nSPS) is 11.0. The van der Waals surface area contributed by atoms with Crippen LogP contribution in [0.3, 0.4) is 0 Å². The molecule has 1 aromatic rings. The number of amides is 2. The molecule has 1 aromatic carbocycles. The minimum absolute atomic E-state index is 0.0434. The largest absolute Gasteiger partial charge is 0.396 e. The Morgan fingerprint density at radius 2 is 2.00 bits per heavy atom. The number of Topliss-reactive ketones (excluding diaryl/α,β-unsaturated/α-hetero) is 1. The average molecular weight is 278 g/mol. The van der Waals surface area contributed by atoms with Crippen molar-refractivity contribution in [1.29, 1.82) is 0 Å². The van der Waals surface area contributed by atoms with E-state index in [9.17, 15) is 9.59 Å². The summed E-state index contributed by atoms with van der Waals surface area (Å²) in [5.41, 5.74) is 0.978. The minimum atomic E-state index is -0.322. The van der Waals surface area contributed by atoms with E-state index >= 15 is 0 Å². The van der Waals surface area contributed by atoms with Crippen LogP contribution in [0.1, 0.15) is 37.6 Å². The number of benzene rings is 1. The van der Waals surface area contributed by atoms with Crippen molar-refractivity contribution in [2.75, 3.05) is 18.5 Å². The topological polar surface area (TPSA) is 78.4 Å². The highest BCUT2D eigenvalue weighted by molar-refractivity contribution is 5.96. The van der Waals surface area contributed by atoms with Gasteiger partial charge in [-0.2, -0.15) is 0 Å². The third-order valence-electron chi connectivity index (χ3n) is 3.04. The van der Waals surface area contributed by atoms with E-state index in [1.54, 1.807) is 24.3 Å². The lowest BCUT2D eigenvalue weighted by atomic mass is 9.90. The molecule has 0 unspecified atom stereocenters. The number of anilines is 1. The molecular formula is C15H22N2O3. The van der Waals surface area contributed by atoms with E-state index in [0.717, 1.165) is 0 Å². The van der Waals surface area contributed by atoms with Gasteiger partial charge in [0.05, 0.1) is 0 Å². The van der Waals surface area contributed by atoms with Crippen LogP contribution in [-0.4, -0.2) is 30.1 Å². The second kappa shape index (κ2) is 7.05. The Bertz CT molecular complexity index is 484. The molecule has 0 fully saturated rings. The van der Waals surface area contributed by atoms with Crippen LogP contribution in [0.15, 0.2) is 24.3 Å². The van der Waals surface area contributed by atoms with Gasteiger partial charge in [-0.1, -0.05) is 26.0 Å². The highest BCUT2D eigenvalue weighted by Crippen LogP contribution is 2.18. The number of nitrogens with one attached hydrogen (secondary N) is 2. The molecule has 0 radical (unpaired) electrons. The number of rotatable bonds is 6. The lowest BCUT2D eigenvalue weighted by molar-refractivity contribution is 0.101. The molecule has 0 heterocycles. The number of urea groups is 1. The zero-order chi connectivity index (χ0) is 15.2. The van der Waals surface area contributed by atoms with Gasteiger partial charge in [-0.25, -0.2) is 4.79 Å². The molecule has 5 nitrogen and oxygen atoms in total. The van der Waals surface area contributed by atoms with Gasteiger partial charge in [0.1, 0.15) is 0 Å². The number of aliphatic hydroxyl groups excluding tert-OH is 1. The first-order valence-corrected chi connectivity index (χ1v) is 6.61. The van der Waals surface area contributed by atoms with Crippen LogP contribution in [0.25, 0.3) is 0 Å². The van der Waals surface area contributed by atoms with Crippen molar-refractivity contribution in [3.63, 3.8) is 0 Å². The van der Waals surface area contributed by atoms with Crippen LogP contribution in [0.4, 0.5) is 10.5 Å². The van der Waals surface area contributed by atoms with E-state index in [4.69, 9.17) is 5.11 Å². The number of carbonyl (C=O) groups excluding carboxylic acids is 2. The van der Waals surface area contributed by atoms with Gasteiger partial charge in [-0.15, -0.1) is 0 Å². The maximum absolute atomic E-state index is 11.8. The maximum Gasteiger partial charge on any atom is 0.319 e. The molecule has 0 bridgehead atoms. The summed E-state index contributed by atoms with van der Waals surface area (Å²) in [6.45, 7) is 5.99. The van der Waals surface area contributed by atoms with Gasteiger partial charge in [0.25, 0.3) is 0 Å². The molecule has 0 aliphatic heterocycles. The first kappa shape index (κ1) is 16.2. The van der Waals surface area contributed by atoms with Crippen LogP contribution >= 0.6 is 0 Å². The molecule has 0 aliphatic carbocycles. The Kier molecular flexibility index (Phi) is 5.70. The minimum Gasteiger partial charge on any atom is -0.396 e. The van der Waals surface area contributed by atoms with Gasteiger partial charge in [0.15, 0.2) is 5.78 Å². The van der Waals surface area contributed by atoms with Crippen molar-refractivity contribution in [2.24, 2.45) is 5.41 Å². The third kappa shape index (κ3) is 5.40. The third-order valence-corrected chi connectivity index (χ3v) is 3.04. The fraction of sp³-hybridized carbons (Fsp3) is 0.467. The van der Waals surface area contributed by atoms with E-state index in [1.165, 1.54) is 6.92 Å². The van der Waals surface area contributed by atoms with Gasteiger partial charge in [0.2, 0.25) is 0 Å². The van der Waals surface area contributed by atoms with Crippen LogP contribution in [0.2, 0.25) is 0 Å². The second-order valence-corrected chi connectivity index (χ2v) is 5.58. The summed E-state index contributed by atoms with van der Waals surface area (Å²) in [5, 5.41) is 14.4. The van der Waals surface area contributed by atoms with E-state index in [2.05, 4.69) is 10.6 Å². The molecule has 20 heavy (non-hydrogen) atoms. The summed E-state index contributed by atoms with van der Waals surface area (Å²) in [4.78, 5) is 23.0. The number of ketones is 1. The predicted octanol–water partition coefficient (Wildman–Crippen LogP) is 2.42. The zero-order valence-electron chi connectivity index (χ0n) is 12.2. The van der Waals surface area contributed by atoms with Crippen molar-refractivity contribution in [1.82, 2.24) is 5.32 Å². The molecule has 0 aliphatic rings. The number of aliphatic hydroxyl groups is 1. The summed E-state index contributed by atoms with van der Waals surface area (Å²) in [6.07, 6.45) is 0.618. The fourth-order valence-electron chi connectivity index (χ4n) is 1.70. The molecule has 110 valence electrons. The maximum atomic E-state index is 11.8. The van der Waals surface area contributed by atoms with E-state index in [0.29, 0.717) is 24.2 Å². The molecule has 3 N–H and O–H groups in total. The zero-order valence-corrected chi connectivity index (χ0v) is 12.2. The smallest absolute Gasteiger partial charge is 0.319 e. The molecule has 0 saturated carbocycles. The lowest BCUT2D eigenvalue weighted by Gasteiger charge is -2.23. The standard InChI is InChI=1S/C15H22N2O3/c1-11(19)12-5-4-6-13(9-12)17-14(20)16-10-15(2,3)7-8-18/h4-6,9,18H,7-8,10H2,1-3H3,(H2,16,17,20). The van der Waals surface area contributed by atoms with Gasteiger partial charge in [0, 0.05) is 24.4 Å². The Balaban J connectivity index is 2.54. The molecule has 1 rings (SSSR count). The molecule has 0 atom stereocenters. The summed E-state index contributed by atoms with van der Waals surface area (Å²) in [7, 11) is 0. The van der Waals surface area contributed by atoms with Crippen LogP contribution in [-0.2, 0) is 0 Å². The monoisotopic (exact) mass is 278 g/mol. The molecule has 0 aromatic heterocycles. The van der Waals surface area contributed by atoms with E-state index in [1.807, 2.05) is 13.8 Å². The Morgan fingerprint density at radius 3 is 2.60 bits per heavy atom. The first-order valence-electron chi connectivity index (χ1n) is 6.61. The number of hydrogen-bond donors (Lipinski definition) is 3. The quantitative estimate of drug-likeness (QED) is 0.699. The highest BCUT2D eigenvalue weighted by Gasteiger charge is 2.18. The van der Waals surface area contributed by atoms with E-state index < -0.39 is 0 Å². The molecule has 0 spiro atoms. The first-order chi connectivity index (χ1) is 9.34. The van der Waals surface area contributed by atoms with Crippen molar-refractivity contribution in [2.45, 2.75) is 27.2 Å². The van der Waals surface area contributed by atoms with Crippen LogP contribution in [0, 0.1) is 5.41 Å². The van der Waals surface area contributed by atoms with Crippen LogP contribution < -0.4 is 10.6 Å². The fourth-order valence-corrected chi connectivity index (χ4v) is 1.70. The molecule has 5 heteroatoms. The summed E-state index contributed by atoms with van der Waals surface area (Å²) in [5.74, 6) is -0.0434. The molecule has 2 amide bonds. The second-order valence-electron chi connectivity index (χ2n) is 5.58. The number of carbonyl (C=O) groups is 2. The predicted molar refractivity (Wildman–Crippen MR) is 79.0 cm³/mol. The summed E-state index contributed by atoms with van der Waals surface area (Å²) in [6, 6.07) is 6.47. The lowest BCUT2D eigenvalue weighted by Crippen LogP contribution is -2.37. The van der Waals surface area contributed by atoms with Gasteiger partial charge in [-0.05, 0) is 30.9 Å². The van der Waals surface area contributed by atoms with Gasteiger partial charge < -0.3 is 15.7 Å².